The van der Waals surface area contributed by atoms with Crippen LogP contribution in [0.25, 0.3) is 10.9 Å². The van der Waals surface area contributed by atoms with Crippen LogP contribution in [0.1, 0.15) is 48.3 Å². The molecule has 0 atom stereocenters. The lowest BCUT2D eigenvalue weighted by Crippen LogP contribution is -2.11. The summed E-state index contributed by atoms with van der Waals surface area (Å²) >= 11 is 0. The molecule has 100 valence electrons. The number of hydrogen-bond donors (Lipinski definition) is 1. The van der Waals surface area contributed by atoms with E-state index in [1.807, 2.05) is 32.0 Å². The van der Waals surface area contributed by atoms with E-state index in [1.54, 1.807) is 0 Å². The van der Waals surface area contributed by atoms with Crippen molar-refractivity contribution in [1.29, 1.82) is 0 Å². The van der Waals surface area contributed by atoms with Crippen LogP contribution in [0.3, 0.4) is 0 Å². The first kappa shape index (κ1) is 12.3. The van der Waals surface area contributed by atoms with Gasteiger partial charge in [0.1, 0.15) is 0 Å². The highest BCUT2D eigenvalue weighted by Crippen LogP contribution is 2.29. The lowest BCUT2D eigenvalue weighted by atomic mass is 9.95. The Morgan fingerprint density at radius 3 is 2.84 bits per heavy atom. The van der Waals surface area contributed by atoms with Crippen LogP contribution in [0.5, 0.6) is 0 Å². The van der Waals surface area contributed by atoms with Crippen LogP contribution >= 0.6 is 0 Å². The normalized spacial score (nSPS) is 14.7. The van der Waals surface area contributed by atoms with E-state index in [2.05, 4.69) is 4.98 Å². The third kappa shape index (κ3) is 2.25. The molecule has 0 amide bonds. The van der Waals surface area contributed by atoms with Gasteiger partial charge in [-0.05, 0) is 63.3 Å². The zero-order valence-corrected chi connectivity index (χ0v) is 11.5. The zero-order valence-electron chi connectivity index (χ0n) is 11.5. The van der Waals surface area contributed by atoms with E-state index in [0.717, 1.165) is 18.4 Å². The summed E-state index contributed by atoms with van der Waals surface area (Å²) in [5.74, 6) is -0.234. The van der Waals surface area contributed by atoms with E-state index in [4.69, 9.17) is 4.74 Å². The molecule has 19 heavy (non-hydrogen) atoms. The summed E-state index contributed by atoms with van der Waals surface area (Å²) in [6.07, 6.45) is 4.64. The summed E-state index contributed by atoms with van der Waals surface area (Å²) in [5, 5.41) is 1.19. The molecule has 0 radical (unpaired) electrons. The van der Waals surface area contributed by atoms with Gasteiger partial charge in [-0.15, -0.1) is 0 Å². The summed E-state index contributed by atoms with van der Waals surface area (Å²) in [5.41, 5.74) is 4.51. The van der Waals surface area contributed by atoms with E-state index in [0.29, 0.717) is 5.56 Å². The number of nitrogens with one attached hydrogen (secondary N) is 1. The molecule has 3 heteroatoms. The SMILES string of the molecule is CC(C)OC(=O)c1ccc2[nH]c3c(c2c1)CCCC3. The van der Waals surface area contributed by atoms with E-state index in [-0.39, 0.29) is 12.1 Å². The standard InChI is InChI=1S/C16H19NO2/c1-10(2)19-16(18)11-7-8-15-13(9-11)12-5-3-4-6-14(12)17-15/h7-10,17H,3-6H2,1-2H3. The van der Waals surface area contributed by atoms with Crippen molar-refractivity contribution in [3.8, 4) is 0 Å². The Bertz CT molecular complexity index is 625. The average molecular weight is 257 g/mol. The molecular formula is C16H19NO2. The molecule has 1 aliphatic rings. The number of aryl methyl sites for hydroxylation is 2. The predicted molar refractivity (Wildman–Crippen MR) is 75.5 cm³/mol. The number of hydrogen-bond acceptors (Lipinski definition) is 2. The molecule has 0 aliphatic heterocycles. The van der Waals surface area contributed by atoms with Gasteiger partial charge in [0.05, 0.1) is 11.7 Å². The first-order valence-corrected chi connectivity index (χ1v) is 6.99. The van der Waals surface area contributed by atoms with Crippen molar-refractivity contribution in [2.75, 3.05) is 0 Å². The van der Waals surface area contributed by atoms with Gasteiger partial charge >= 0.3 is 5.97 Å². The third-order valence-corrected chi connectivity index (χ3v) is 3.68. The fourth-order valence-corrected chi connectivity index (χ4v) is 2.82. The Balaban J connectivity index is 2.02. The van der Waals surface area contributed by atoms with Crippen molar-refractivity contribution in [3.05, 3.63) is 35.0 Å². The van der Waals surface area contributed by atoms with Crippen LogP contribution in [-0.4, -0.2) is 17.1 Å². The van der Waals surface area contributed by atoms with Crippen molar-refractivity contribution in [1.82, 2.24) is 4.98 Å². The number of rotatable bonds is 2. The second kappa shape index (κ2) is 4.72. The minimum absolute atomic E-state index is 0.0802. The van der Waals surface area contributed by atoms with Crippen molar-refractivity contribution >= 4 is 16.9 Å². The Morgan fingerprint density at radius 1 is 1.26 bits per heavy atom. The highest BCUT2D eigenvalue weighted by atomic mass is 16.5. The van der Waals surface area contributed by atoms with E-state index >= 15 is 0 Å². The maximum Gasteiger partial charge on any atom is 0.338 e. The minimum atomic E-state index is -0.234. The number of benzene rings is 1. The Kier molecular flexibility index (Phi) is 3.05. The Hall–Kier alpha value is -1.77. The molecule has 0 spiro atoms. The van der Waals surface area contributed by atoms with Crippen LogP contribution in [0.2, 0.25) is 0 Å². The molecule has 0 fully saturated rings. The summed E-state index contributed by atoms with van der Waals surface area (Å²) < 4.78 is 5.26. The number of H-pyrrole nitrogens is 1. The quantitative estimate of drug-likeness (QED) is 0.835. The summed E-state index contributed by atoms with van der Waals surface area (Å²) in [4.78, 5) is 15.4. The number of esters is 1. The highest BCUT2D eigenvalue weighted by Gasteiger charge is 2.17. The van der Waals surface area contributed by atoms with Crippen molar-refractivity contribution in [2.24, 2.45) is 0 Å². The average Bonchev–Trinajstić information content (AvgIpc) is 2.75. The minimum Gasteiger partial charge on any atom is -0.459 e. The molecule has 1 N–H and O–H groups in total. The molecule has 2 aromatic rings. The first-order valence-electron chi connectivity index (χ1n) is 6.99. The van der Waals surface area contributed by atoms with Gasteiger partial charge in [-0.2, -0.15) is 0 Å². The molecule has 0 saturated carbocycles. The fraction of sp³-hybridized carbons (Fsp3) is 0.438. The molecule has 1 aliphatic carbocycles. The number of fused-ring (bicyclic) bond motifs is 3. The molecule has 1 aromatic heterocycles. The molecule has 3 nitrogen and oxygen atoms in total. The van der Waals surface area contributed by atoms with Gasteiger partial charge in [0, 0.05) is 16.6 Å². The van der Waals surface area contributed by atoms with Crippen molar-refractivity contribution in [3.63, 3.8) is 0 Å². The van der Waals surface area contributed by atoms with Crippen LogP contribution in [0, 0.1) is 0 Å². The molecule has 1 aromatic carbocycles. The maximum atomic E-state index is 12.0. The Morgan fingerprint density at radius 2 is 2.05 bits per heavy atom. The third-order valence-electron chi connectivity index (χ3n) is 3.68. The van der Waals surface area contributed by atoms with E-state index in [1.165, 1.54) is 29.5 Å². The number of aromatic nitrogens is 1. The second-order valence-electron chi connectivity index (χ2n) is 5.50. The van der Waals surface area contributed by atoms with Crippen LogP contribution in [0.4, 0.5) is 0 Å². The topological polar surface area (TPSA) is 42.1 Å². The number of aromatic amines is 1. The summed E-state index contributed by atoms with van der Waals surface area (Å²) in [7, 11) is 0. The monoisotopic (exact) mass is 257 g/mol. The second-order valence-corrected chi connectivity index (χ2v) is 5.50. The summed E-state index contributed by atoms with van der Waals surface area (Å²) in [6.45, 7) is 3.74. The molecule has 1 heterocycles. The lowest BCUT2D eigenvalue weighted by molar-refractivity contribution is 0.0378. The van der Waals surface area contributed by atoms with Crippen LogP contribution in [0.15, 0.2) is 18.2 Å². The molecule has 0 saturated heterocycles. The predicted octanol–water partition coefficient (Wildman–Crippen LogP) is 3.61. The number of ether oxygens (including phenoxy) is 1. The zero-order chi connectivity index (χ0) is 13.4. The molecular weight excluding hydrogens is 238 g/mol. The van der Waals surface area contributed by atoms with Crippen molar-refractivity contribution < 1.29 is 9.53 Å². The van der Waals surface area contributed by atoms with Crippen LogP contribution < -0.4 is 0 Å². The van der Waals surface area contributed by atoms with Gasteiger partial charge in [-0.3, -0.25) is 0 Å². The first-order chi connectivity index (χ1) is 9.15. The van der Waals surface area contributed by atoms with Gasteiger partial charge in [0.2, 0.25) is 0 Å². The van der Waals surface area contributed by atoms with Crippen molar-refractivity contribution in [2.45, 2.75) is 45.6 Å². The molecule has 0 bridgehead atoms. The maximum absolute atomic E-state index is 12.0. The molecule has 0 unspecified atom stereocenters. The summed E-state index contributed by atoms with van der Waals surface area (Å²) in [6, 6.07) is 5.81. The van der Waals surface area contributed by atoms with Gasteiger partial charge in [0.25, 0.3) is 0 Å². The van der Waals surface area contributed by atoms with Gasteiger partial charge in [-0.25, -0.2) is 4.79 Å². The molecule has 3 rings (SSSR count). The van der Waals surface area contributed by atoms with Gasteiger partial charge in [0.15, 0.2) is 0 Å². The fourth-order valence-electron chi connectivity index (χ4n) is 2.82. The van der Waals surface area contributed by atoms with E-state index < -0.39 is 0 Å². The number of carbonyl (C=O) groups excluding carboxylic acids is 1. The van der Waals surface area contributed by atoms with E-state index in [9.17, 15) is 4.79 Å². The smallest absolute Gasteiger partial charge is 0.338 e. The number of carbonyl (C=O) groups is 1. The van der Waals surface area contributed by atoms with Gasteiger partial charge < -0.3 is 9.72 Å². The lowest BCUT2D eigenvalue weighted by Gasteiger charge is -2.11. The van der Waals surface area contributed by atoms with Crippen LogP contribution in [-0.2, 0) is 17.6 Å². The Labute approximate surface area is 113 Å². The largest absolute Gasteiger partial charge is 0.459 e. The van der Waals surface area contributed by atoms with Gasteiger partial charge in [-0.1, -0.05) is 0 Å². The highest BCUT2D eigenvalue weighted by molar-refractivity contribution is 5.96.